The lowest BCUT2D eigenvalue weighted by molar-refractivity contribution is -0.166. The van der Waals surface area contributed by atoms with Crippen molar-refractivity contribution in [3.8, 4) is 0 Å². The average Bonchev–Trinajstić information content (AvgIpc) is 3.49. The largest absolute Gasteiger partial charge is 0.462 e. The third-order valence-corrected chi connectivity index (χ3v) is 11.9. The zero-order chi connectivity index (χ0) is 59.9. The SMILES string of the molecule is CC/C=C\C/C=C\C/C=C\C/C=C\C/C=C\C/C=C\C/C=C\C/C=C\C/C=C\C/C=C\CCCCC(=O)OCC(COC(=O)CC/C=C\C/C=C\C/C=C\C/C=C\CC)OC(=O)CC/C=C\C/C=C\C/C=C\C/C=C\C/C=C\C/C=C\CC. The van der Waals surface area contributed by atoms with E-state index in [4.69, 9.17) is 14.2 Å². The number of carbonyl (C=O) groups excluding carboxylic acids is 3. The van der Waals surface area contributed by atoms with Gasteiger partial charge in [-0.2, -0.15) is 0 Å². The van der Waals surface area contributed by atoms with E-state index < -0.39 is 18.0 Å². The molecule has 0 spiro atoms. The molecule has 0 saturated carbocycles. The molecule has 0 aliphatic heterocycles. The minimum absolute atomic E-state index is 0.165. The van der Waals surface area contributed by atoms with Gasteiger partial charge in [0.1, 0.15) is 13.2 Å². The van der Waals surface area contributed by atoms with Gasteiger partial charge in [-0.15, -0.1) is 0 Å². The molecular weight excluding hydrogens is 1020 g/mol. The maximum atomic E-state index is 12.8. The summed E-state index contributed by atoms with van der Waals surface area (Å²) in [7, 11) is 0. The predicted octanol–water partition coefficient (Wildman–Crippen LogP) is 22.1. The molecule has 0 radical (unpaired) electrons. The molecule has 6 heteroatoms. The summed E-state index contributed by atoms with van der Waals surface area (Å²) in [5.41, 5.74) is 0. The number of carbonyl (C=O) groups is 3. The van der Waals surface area contributed by atoms with Crippen molar-refractivity contribution in [2.24, 2.45) is 0 Å². The molecule has 0 aliphatic rings. The minimum Gasteiger partial charge on any atom is -0.462 e. The fourth-order valence-corrected chi connectivity index (χ4v) is 7.27. The summed E-state index contributed by atoms with van der Waals surface area (Å²) in [6.07, 6.45) is 109. The summed E-state index contributed by atoms with van der Waals surface area (Å²) < 4.78 is 16.7. The van der Waals surface area contributed by atoms with E-state index in [0.29, 0.717) is 19.3 Å². The van der Waals surface area contributed by atoms with Crippen LogP contribution in [0.2, 0.25) is 0 Å². The van der Waals surface area contributed by atoms with E-state index in [0.717, 1.165) is 141 Å². The zero-order valence-corrected chi connectivity index (χ0v) is 51.8. The molecule has 454 valence electrons. The fourth-order valence-electron chi connectivity index (χ4n) is 7.27. The van der Waals surface area contributed by atoms with Crippen LogP contribution in [0.1, 0.15) is 201 Å². The molecule has 1 atom stereocenters. The van der Waals surface area contributed by atoms with Gasteiger partial charge in [0.2, 0.25) is 0 Å². The molecule has 0 bridgehead atoms. The summed E-state index contributed by atoms with van der Waals surface area (Å²) in [5.74, 6) is -1.20. The highest BCUT2D eigenvalue weighted by Crippen LogP contribution is 2.09. The number of hydrogen-bond donors (Lipinski definition) is 0. The topological polar surface area (TPSA) is 78.9 Å². The van der Waals surface area contributed by atoms with E-state index in [1.165, 1.54) is 0 Å². The van der Waals surface area contributed by atoms with Crippen LogP contribution in [0.4, 0.5) is 0 Å². The lowest BCUT2D eigenvalue weighted by atomic mass is 10.2. The number of hydrogen-bond acceptors (Lipinski definition) is 6. The smallest absolute Gasteiger partial charge is 0.306 e. The standard InChI is InChI=1S/C77H110O6/c1-4-7-10-13-16-19-22-25-27-29-31-32-33-34-35-36-37-38-39-40-41-42-43-44-46-47-49-52-55-58-61-64-67-70-76(79)82-73-74(72-81-75(78)69-66-63-60-57-54-51-24-21-18-15-12-9-6-3)83-77(80)71-68-65-62-59-56-53-50-48-45-30-28-26-23-20-17-14-11-8-5-2/h7-12,16-21,25-28,31-32,34-35,37-38,40-41,43-45,47-49,51,53-56,58,60,62-63,65,74H,4-6,13-15,22-24,29-30,33,36,39,42,46,50,52,57,59,61,64,66-73H2,1-3H3/b10-7-,11-8-,12-9-,19-16-,20-17-,21-18-,27-25-,28-26-,32-31-,35-34-,38-37-,41-40-,44-43-,48-45-,49-47-,54-51-,56-53-,58-55-,63-60-,65-62-. The Kier molecular flexibility index (Phi) is 62.2. The van der Waals surface area contributed by atoms with Gasteiger partial charge in [-0.25, -0.2) is 0 Å². The van der Waals surface area contributed by atoms with Crippen molar-refractivity contribution < 1.29 is 28.6 Å². The van der Waals surface area contributed by atoms with E-state index >= 15 is 0 Å². The second-order valence-corrected chi connectivity index (χ2v) is 19.5. The second kappa shape index (κ2) is 67.7. The predicted molar refractivity (Wildman–Crippen MR) is 361 cm³/mol. The van der Waals surface area contributed by atoms with Crippen LogP contribution in [0.15, 0.2) is 243 Å². The molecule has 83 heavy (non-hydrogen) atoms. The summed E-state index contributed by atoms with van der Waals surface area (Å²) in [4.78, 5) is 38.2. The molecule has 0 amide bonds. The zero-order valence-electron chi connectivity index (χ0n) is 51.8. The molecule has 1 unspecified atom stereocenters. The van der Waals surface area contributed by atoms with Crippen molar-refractivity contribution in [2.45, 2.75) is 207 Å². The lowest BCUT2D eigenvalue weighted by Crippen LogP contribution is -2.30. The maximum Gasteiger partial charge on any atom is 0.306 e. The number of ether oxygens (including phenoxy) is 3. The Balaban J connectivity index is 4.57. The van der Waals surface area contributed by atoms with Gasteiger partial charge in [0.25, 0.3) is 0 Å². The van der Waals surface area contributed by atoms with Gasteiger partial charge in [0.15, 0.2) is 6.10 Å². The molecule has 0 fully saturated rings. The molecule has 0 aromatic rings. The van der Waals surface area contributed by atoms with Crippen LogP contribution in [0, 0.1) is 0 Å². The fraction of sp³-hybridized carbons (Fsp3) is 0.442. The monoisotopic (exact) mass is 1130 g/mol. The Labute approximate surface area is 507 Å². The Morgan fingerprint density at radius 3 is 0.699 bits per heavy atom. The molecule has 0 aromatic carbocycles. The van der Waals surface area contributed by atoms with Crippen molar-refractivity contribution >= 4 is 17.9 Å². The average molecular weight is 1130 g/mol. The minimum atomic E-state index is -0.883. The van der Waals surface area contributed by atoms with Crippen LogP contribution in [-0.4, -0.2) is 37.2 Å². The molecule has 0 aliphatic carbocycles. The number of unbranched alkanes of at least 4 members (excludes halogenated alkanes) is 2. The van der Waals surface area contributed by atoms with Crippen LogP contribution in [0.5, 0.6) is 0 Å². The highest BCUT2D eigenvalue weighted by atomic mass is 16.6. The van der Waals surface area contributed by atoms with Crippen molar-refractivity contribution in [3.63, 3.8) is 0 Å². The van der Waals surface area contributed by atoms with E-state index in [2.05, 4.69) is 240 Å². The molecule has 0 saturated heterocycles. The normalized spacial score (nSPS) is 13.8. The first-order valence-corrected chi connectivity index (χ1v) is 31.5. The first kappa shape index (κ1) is 76.2. The summed E-state index contributed by atoms with van der Waals surface area (Å²) in [6, 6.07) is 0. The van der Waals surface area contributed by atoms with Crippen LogP contribution in [-0.2, 0) is 28.6 Å². The molecule has 0 rings (SSSR count). The number of allylic oxidation sites excluding steroid dienone is 40. The Morgan fingerprint density at radius 2 is 0.446 bits per heavy atom. The Morgan fingerprint density at radius 1 is 0.241 bits per heavy atom. The van der Waals surface area contributed by atoms with Gasteiger partial charge >= 0.3 is 17.9 Å². The van der Waals surface area contributed by atoms with Crippen LogP contribution in [0.3, 0.4) is 0 Å². The summed E-state index contributed by atoms with van der Waals surface area (Å²) in [6.45, 7) is 6.09. The molecular formula is C77H110O6. The number of esters is 3. The van der Waals surface area contributed by atoms with Gasteiger partial charge < -0.3 is 14.2 Å². The highest BCUT2D eigenvalue weighted by molar-refractivity contribution is 5.71. The van der Waals surface area contributed by atoms with E-state index in [1.54, 1.807) is 0 Å². The van der Waals surface area contributed by atoms with Crippen LogP contribution in [0.25, 0.3) is 0 Å². The molecule has 0 heterocycles. The van der Waals surface area contributed by atoms with Crippen molar-refractivity contribution in [1.82, 2.24) is 0 Å². The van der Waals surface area contributed by atoms with E-state index in [1.807, 2.05) is 24.3 Å². The second-order valence-electron chi connectivity index (χ2n) is 19.5. The Hall–Kier alpha value is -6.79. The summed E-state index contributed by atoms with van der Waals surface area (Å²) >= 11 is 0. The van der Waals surface area contributed by atoms with Crippen molar-refractivity contribution in [2.75, 3.05) is 13.2 Å². The third kappa shape index (κ3) is 65.9. The van der Waals surface area contributed by atoms with Crippen molar-refractivity contribution in [1.29, 1.82) is 0 Å². The van der Waals surface area contributed by atoms with Gasteiger partial charge in [-0.1, -0.05) is 264 Å². The van der Waals surface area contributed by atoms with E-state index in [9.17, 15) is 14.4 Å². The quantitative estimate of drug-likeness (QED) is 0.0261. The van der Waals surface area contributed by atoms with E-state index in [-0.39, 0.29) is 38.4 Å². The number of rotatable bonds is 53. The molecule has 0 N–H and O–H groups in total. The van der Waals surface area contributed by atoms with Gasteiger partial charge in [0, 0.05) is 19.3 Å². The van der Waals surface area contributed by atoms with Crippen molar-refractivity contribution in [3.05, 3.63) is 243 Å². The van der Waals surface area contributed by atoms with Crippen LogP contribution < -0.4 is 0 Å². The highest BCUT2D eigenvalue weighted by Gasteiger charge is 2.19. The maximum absolute atomic E-state index is 12.8. The summed E-state index contributed by atoms with van der Waals surface area (Å²) in [5, 5.41) is 0. The first-order chi connectivity index (χ1) is 41.0. The van der Waals surface area contributed by atoms with Gasteiger partial charge in [0.05, 0.1) is 0 Å². The lowest BCUT2D eigenvalue weighted by Gasteiger charge is -2.18. The van der Waals surface area contributed by atoms with Gasteiger partial charge in [-0.05, 0) is 161 Å². The Bertz CT molecular complexity index is 2180. The molecule has 0 aromatic heterocycles. The molecule has 6 nitrogen and oxygen atoms in total. The first-order valence-electron chi connectivity index (χ1n) is 31.5. The third-order valence-electron chi connectivity index (χ3n) is 11.9. The van der Waals surface area contributed by atoms with Gasteiger partial charge in [-0.3, -0.25) is 14.4 Å². The van der Waals surface area contributed by atoms with Crippen LogP contribution >= 0.6 is 0 Å².